The number of benzene rings is 2. The van der Waals surface area contributed by atoms with Crippen molar-refractivity contribution in [3.8, 4) is 0 Å². The molecule has 0 aromatic heterocycles. The average Bonchev–Trinajstić information content (AvgIpc) is 3.83. The van der Waals surface area contributed by atoms with Crippen LogP contribution >= 0.6 is 0 Å². The Morgan fingerprint density at radius 1 is 0.839 bits per heavy atom. The van der Waals surface area contributed by atoms with Gasteiger partial charge < -0.3 is 48.8 Å². The van der Waals surface area contributed by atoms with Gasteiger partial charge in [-0.1, -0.05) is 88.9 Å². The predicted molar refractivity (Wildman–Crippen MR) is 199 cm³/mol. The molecular weight excluding hydrogens is 720 g/mol. The van der Waals surface area contributed by atoms with Gasteiger partial charge in [-0.2, -0.15) is 0 Å². The fraction of sp³-hybridized carbons (Fsp3) is 0.636. The summed E-state index contributed by atoms with van der Waals surface area (Å²) in [6.45, 7) is 9.61. The van der Waals surface area contributed by atoms with Gasteiger partial charge in [-0.15, -0.1) is 0 Å². The smallest absolute Gasteiger partial charge is 0.338 e. The maximum absolute atomic E-state index is 13.7. The van der Waals surface area contributed by atoms with Crippen LogP contribution in [0, 0.1) is 35.5 Å². The summed E-state index contributed by atoms with van der Waals surface area (Å²) in [6.07, 6.45) is -1.64. The van der Waals surface area contributed by atoms with Crippen LogP contribution in [0.2, 0.25) is 0 Å². The van der Waals surface area contributed by atoms with Crippen molar-refractivity contribution in [3.05, 3.63) is 83.9 Å². The van der Waals surface area contributed by atoms with E-state index in [1.807, 2.05) is 19.9 Å². The number of carbonyl (C=O) groups is 2. The van der Waals surface area contributed by atoms with Gasteiger partial charge >= 0.3 is 17.9 Å². The van der Waals surface area contributed by atoms with E-state index in [1.54, 1.807) is 54.6 Å². The molecule has 302 valence electrons. The van der Waals surface area contributed by atoms with Gasteiger partial charge in [0.25, 0.3) is 0 Å². The Hall–Kier alpha value is -3.20. The highest BCUT2D eigenvalue weighted by atomic mass is 16.9. The van der Waals surface area contributed by atoms with Crippen LogP contribution in [0.5, 0.6) is 0 Å². The van der Waals surface area contributed by atoms with Crippen molar-refractivity contribution in [2.75, 3.05) is 13.2 Å². The van der Waals surface area contributed by atoms with E-state index in [1.165, 1.54) is 0 Å². The second-order valence-corrected chi connectivity index (χ2v) is 17.8. The largest absolute Gasteiger partial charge is 0.462 e. The molecule has 4 saturated heterocycles. The molecule has 7 fully saturated rings. The fourth-order valence-electron chi connectivity index (χ4n) is 12.3. The summed E-state index contributed by atoms with van der Waals surface area (Å²) in [7, 11) is 0. The van der Waals surface area contributed by atoms with Crippen molar-refractivity contribution in [2.24, 2.45) is 35.5 Å². The van der Waals surface area contributed by atoms with E-state index in [4.69, 9.17) is 28.4 Å². The molecule has 4 N–H and O–H groups in total. The Kier molecular flexibility index (Phi) is 9.19. The molecule has 9 rings (SSSR count). The van der Waals surface area contributed by atoms with Crippen LogP contribution in [0.1, 0.15) is 86.4 Å². The molecule has 56 heavy (non-hydrogen) atoms. The Bertz CT molecular complexity index is 1860. The second kappa shape index (κ2) is 13.4. The lowest BCUT2D eigenvalue weighted by molar-refractivity contribution is -0.459. The zero-order chi connectivity index (χ0) is 39.4. The zero-order valence-electron chi connectivity index (χ0n) is 32.3. The van der Waals surface area contributed by atoms with Crippen LogP contribution in [0.25, 0.3) is 0 Å². The van der Waals surface area contributed by atoms with Gasteiger partial charge in [0.1, 0.15) is 42.2 Å². The molecule has 3 bridgehead atoms. The van der Waals surface area contributed by atoms with Crippen molar-refractivity contribution >= 4 is 11.9 Å². The molecule has 0 amide bonds. The minimum Gasteiger partial charge on any atom is -0.462 e. The molecule has 2 aromatic rings. The highest BCUT2D eigenvalue weighted by molar-refractivity contribution is 5.89. The Labute approximate surface area is 327 Å². The lowest BCUT2D eigenvalue weighted by Gasteiger charge is -2.62. The average molecular weight is 775 g/mol. The Morgan fingerprint density at radius 3 is 2.11 bits per heavy atom. The van der Waals surface area contributed by atoms with E-state index in [-0.39, 0.29) is 18.9 Å². The lowest BCUT2D eigenvalue weighted by atomic mass is 9.51. The molecule has 12 nitrogen and oxygen atoms in total. The van der Waals surface area contributed by atoms with Crippen LogP contribution in [-0.4, -0.2) is 104 Å². The van der Waals surface area contributed by atoms with Gasteiger partial charge in [0.05, 0.1) is 29.4 Å². The van der Waals surface area contributed by atoms with E-state index in [9.17, 15) is 30.0 Å². The van der Waals surface area contributed by atoms with Gasteiger partial charge in [-0.25, -0.2) is 9.59 Å². The number of aliphatic hydroxyl groups is 4. The van der Waals surface area contributed by atoms with Gasteiger partial charge in [-0.3, -0.25) is 0 Å². The van der Waals surface area contributed by atoms with E-state index in [2.05, 4.69) is 13.5 Å². The Morgan fingerprint density at radius 2 is 1.46 bits per heavy atom. The normalized spacial score (nSPS) is 47.3. The first-order valence-corrected chi connectivity index (χ1v) is 20.4. The van der Waals surface area contributed by atoms with Crippen molar-refractivity contribution in [3.63, 3.8) is 0 Å². The molecule has 2 spiro atoms. The number of aliphatic hydroxyl groups excluding tert-OH is 3. The van der Waals surface area contributed by atoms with Gasteiger partial charge in [0, 0.05) is 17.8 Å². The number of hydrogen-bond acceptors (Lipinski definition) is 12. The summed E-state index contributed by atoms with van der Waals surface area (Å²) in [5.41, 5.74) is -5.56. The van der Waals surface area contributed by atoms with Crippen LogP contribution in [0.15, 0.2) is 72.8 Å². The van der Waals surface area contributed by atoms with Crippen LogP contribution < -0.4 is 0 Å². The topological polar surface area (TPSA) is 174 Å². The van der Waals surface area contributed by atoms with Crippen molar-refractivity contribution in [2.45, 2.75) is 125 Å². The first kappa shape index (κ1) is 38.3. The molecule has 4 aliphatic heterocycles. The number of epoxide rings is 1. The number of hydrogen-bond donors (Lipinski definition) is 4. The first-order chi connectivity index (χ1) is 26.8. The first-order valence-electron chi connectivity index (χ1n) is 20.4. The van der Waals surface area contributed by atoms with Gasteiger partial charge in [-0.05, 0) is 67.4 Å². The molecule has 3 aliphatic carbocycles. The maximum atomic E-state index is 13.7. The summed E-state index contributed by atoms with van der Waals surface area (Å²) in [5.74, 6) is -6.80. The van der Waals surface area contributed by atoms with Gasteiger partial charge in [0.15, 0.2) is 5.60 Å². The molecular formula is C44H54O12. The van der Waals surface area contributed by atoms with Crippen molar-refractivity contribution < 1.29 is 58.4 Å². The quantitative estimate of drug-likeness (QED) is 0.179. The van der Waals surface area contributed by atoms with E-state index < -0.39 is 107 Å². The van der Waals surface area contributed by atoms with Gasteiger partial charge in [0.2, 0.25) is 0 Å². The number of carbonyl (C=O) groups excluding carboxylic acids is 2. The summed E-state index contributed by atoms with van der Waals surface area (Å²) in [5, 5.41) is 50.9. The number of fused-ring (bicyclic) bond motifs is 1. The van der Waals surface area contributed by atoms with E-state index >= 15 is 0 Å². The maximum Gasteiger partial charge on any atom is 0.338 e. The third-order valence-corrected chi connectivity index (χ3v) is 14.9. The molecule has 16 atom stereocenters. The second-order valence-electron chi connectivity index (χ2n) is 17.8. The SMILES string of the molecule is C=C(C)[C@]12C[C@@H](COC(=O)c3ccccc3)[C@@]34OC5(O[C@@H]1[C@@H]3[C@@H]1O[C@]1(COC(=O)c1ccccc1)[C@@H](O)[C@@]1(O)[C@H]4[C@H]([C@H](C)[C@@H]1O)[C@H](C)CCCCCC[C@H]5O)O2. The standard InChI is InChI=1S/C44H54O12/c1-24(2)40-21-29(22-51-37(47)27-16-10-7-11-17-27)43-32-35(40)54-44(55-40,56-43)30(45)20-14-6-5-9-15-25(3)31-26(4)34(46)42(50,33(31)43)39(49)41(36(32)53-41)23-52-38(48)28-18-12-8-13-19-28/h7-8,10-13,16-19,25-26,29-36,39,45-46,49-50H,1,5-6,9,14-15,20-23H2,2-4H3/t25-,26+,29+,30-,31+,32-,33-,34+,35-,36+,39-,40-,41+,42-,43-,44?/m1/s1. The molecule has 1 unspecified atom stereocenters. The lowest BCUT2D eigenvalue weighted by Crippen LogP contribution is -2.75. The summed E-state index contributed by atoms with van der Waals surface area (Å²) < 4.78 is 40.0. The molecule has 0 radical (unpaired) electrons. The summed E-state index contributed by atoms with van der Waals surface area (Å²) in [6, 6.07) is 17.1. The highest BCUT2D eigenvalue weighted by Crippen LogP contribution is 2.75. The number of esters is 2. The minimum absolute atomic E-state index is 0.0601. The highest BCUT2D eigenvalue weighted by Gasteiger charge is 2.91. The number of rotatable bonds is 7. The van der Waals surface area contributed by atoms with Crippen LogP contribution in [-0.2, 0) is 28.4 Å². The molecule has 7 aliphatic rings. The van der Waals surface area contributed by atoms with Crippen molar-refractivity contribution in [1.82, 2.24) is 0 Å². The Balaban J connectivity index is 1.24. The molecule has 2 aromatic carbocycles. The molecule has 3 saturated carbocycles. The predicted octanol–water partition coefficient (Wildman–Crippen LogP) is 4.33. The summed E-state index contributed by atoms with van der Waals surface area (Å²) >= 11 is 0. The third-order valence-electron chi connectivity index (χ3n) is 14.9. The fourth-order valence-corrected chi connectivity index (χ4v) is 12.3. The minimum atomic E-state index is -2.28. The van der Waals surface area contributed by atoms with E-state index in [0.29, 0.717) is 29.5 Å². The number of ether oxygens (including phenoxy) is 6. The third kappa shape index (κ3) is 5.19. The zero-order valence-corrected chi connectivity index (χ0v) is 32.3. The summed E-state index contributed by atoms with van der Waals surface area (Å²) in [4.78, 5) is 27.1. The van der Waals surface area contributed by atoms with Crippen molar-refractivity contribution in [1.29, 1.82) is 0 Å². The van der Waals surface area contributed by atoms with Crippen LogP contribution in [0.4, 0.5) is 0 Å². The monoisotopic (exact) mass is 774 g/mol. The van der Waals surface area contributed by atoms with E-state index in [0.717, 1.165) is 25.7 Å². The molecule has 12 heteroatoms. The molecule has 4 heterocycles. The van der Waals surface area contributed by atoms with Crippen LogP contribution in [0.3, 0.4) is 0 Å².